The van der Waals surface area contributed by atoms with Crippen LogP contribution in [0.1, 0.15) is 194 Å². The minimum atomic E-state index is -4.39. The van der Waals surface area contributed by atoms with Gasteiger partial charge in [0.15, 0.2) is 6.10 Å². The number of unbranched alkanes of at least 4 members (excludes halogenated alkanes) is 18. The molecular formula is C44H85Br4NO8P+. The van der Waals surface area contributed by atoms with Crippen LogP contribution in [0.5, 0.6) is 0 Å². The number of phosphoric ester groups is 1. The van der Waals surface area contributed by atoms with Gasteiger partial charge in [0.05, 0.1) is 27.7 Å². The van der Waals surface area contributed by atoms with E-state index < -0.39 is 26.5 Å². The van der Waals surface area contributed by atoms with Gasteiger partial charge < -0.3 is 18.9 Å². The summed E-state index contributed by atoms with van der Waals surface area (Å²) < 4.78 is 34.5. The molecule has 0 spiro atoms. The number of hydrogen-bond donors (Lipinski definition) is 1. The van der Waals surface area contributed by atoms with Crippen LogP contribution in [0, 0.1) is 0 Å². The first-order chi connectivity index (χ1) is 27.6. The molecule has 0 bridgehead atoms. The zero-order chi connectivity index (χ0) is 43.5. The molecule has 0 aliphatic carbocycles. The summed E-state index contributed by atoms with van der Waals surface area (Å²) in [6.07, 6.45) is 29.8. The Balaban J connectivity index is 4.53. The van der Waals surface area contributed by atoms with Gasteiger partial charge in [-0.25, -0.2) is 4.57 Å². The van der Waals surface area contributed by atoms with Gasteiger partial charge in [0, 0.05) is 32.2 Å². The fourth-order valence-electron chi connectivity index (χ4n) is 6.50. The first-order valence-electron chi connectivity index (χ1n) is 22.9. The molecule has 0 aliphatic rings. The third kappa shape index (κ3) is 38.6. The van der Waals surface area contributed by atoms with Gasteiger partial charge in [-0.15, -0.1) is 0 Å². The van der Waals surface area contributed by atoms with Gasteiger partial charge in [0.1, 0.15) is 19.8 Å². The Morgan fingerprint density at radius 1 is 0.534 bits per heavy atom. The van der Waals surface area contributed by atoms with Crippen molar-refractivity contribution in [2.75, 3.05) is 47.5 Å². The Kier molecular flexibility index (Phi) is 39.0. The lowest BCUT2D eigenvalue weighted by atomic mass is 10.0. The maximum absolute atomic E-state index is 12.8. The number of ether oxygens (including phenoxy) is 2. The number of hydrogen-bond acceptors (Lipinski definition) is 7. The van der Waals surface area contributed by atoms with Crippen LogP contribution < -0.4 is 0 Å². The van der Waals surface area contributed by atoms with Gasteiger partial charge in [-0.1, -0.05) is 206 Å². The third-order valence-electron chi connectivity index (χ3n) is 10.3. The number of likely N-dealkylation sites (N-methyl/N-ethyl adjacent to an activating group) is 1. The lowest BCUT2D eigenvalue weighted by Crippen LogP contribution is -2.37. The second kappa shape index (κ2) is 38.4. The first kappa shape index (κ1) is 58.9. The molecule has 1 N–H and O–H groups in total. The number of phosphoric acid groups is 1. The molecule has 9 nitrogen and oxygen atoms in total. The number of carbonyl (C=O) groups is 2. The average molecular weight is 1110 g/mol. The van der Waals surface area contributed by atoms with E-state index in [9.17, 15) is 19.0 Å². The minimum Gasteiger partial charge on any atom is -0.462 e. The summed E-state index contributed by atoms with van der Waals surface area (Å²) in [5.41, 5.74) is 0. The quantitative estimate of drug-likeness (QED) is 0.0212. The summed E-state index contributed by atoms with van der Waals surface area (Å²) in [4.78, 5) is 37.6. The van der Waals surface area contributed by atoms with Crippen LogP contribution in [0.2, 0.25) is 0 Å². The van der Waals surface area contributed by atoms with Crippen molar-refractivity contribution in [3.8, 4) is 0 Å². The van der Waals surface area contributed by atoms with E-state index in [4.69, 9.17) is 18.5 Å². The largest absolute Gasteiger partial charge is 0.472 e. The SMILES string of the molecule is CCCCCCCC[C@@H](Br)[C@@H](Br)CCCCCCCC(=O)OC[C@H](COP(=O)(O)OCC[N+](C)(C)C)OC(=O)CCCCCCC[C@H](Br)[C@@H](Br)CCCCCCCC. The molecule has 346 valence electrons. The Bertz CT molecular complexity index is 1040. The average Bonchev–Trinajstić information content (AvgIpc) is 3.16. The van der Waals surface area contributed by atoms with Gasteiger partial charge in [0.2, 0.25) is 0 Å². The smallest absolute Gasteiger partial charge is 0.462 e. The van der Waals surface area contributed by atoms with Crippen molar-refractivity contribution in [3.05, 3.63) is 0 Å². The molecule has 0 radical (unpaired) electrons. The monoisotopic (exact) mass is 1100 g/mol. The zero-order valence-corrected chi connectivity index (χ0v) is 44.5. The normalized spacial score (nSPS) is 15.7. The first-order valence-corrected chi connectivity index (χ1v) is 28.1. The van der Waals surface area contributed by atoms with Gasteiger partial charge in [-0.05, 0) is 38.5 Å². The van der Waals surface area contributed by atoms with E-state index in [-0.39, 0.29) is 32.0 Å². The topological polar surface area (TPSA) is 108 Å². The highest BCUT2D eigenvalue weighted by Crippen LogP contribution is 2.43. The van der Waals surface area contributed by atoms with E-state index in [1.165, 1.54) is 89.9 Å². The molecule has 6 atom stereocenters. The van der Waals surface area contributed by atoms with E-state index >= 15 is 0 Å². The number of quaternary nitrogens is 1. The van der Waals surface area contributed by atoms with E-state index in [0.29, 0.717) is 36.8 Å². The van der Waals surface area contributed by atoms with Gasteiger partial charge in [-0.3, -0.25) is 18.6 Å². The van der Waals surface area contributed by atoms with E-state index in [2.05, 4.69) is 77.6 Å². The van der Waals surface area contributed by atoms with E-state index in [1.807, 2.05) is 21.1 Å². The van der Waals surface area contributed by atoms with Crippen molar-refractivity contribution in [2.45, 2.75) is 219 Å². The van der Waals surface area contributed by atoms with Crippen LogP contribution in [0.25, 0.3) is 0 Å². The summed E-state index contributed by atoms with van der Waals surface area (Å²) in [6.45, 7) is 4.37. The van der Waals surface area contributed by atoms with Crippen molar-refractivity contribution in [3.63, 3.8) is 0 Å². The van der Waals surface area contributed by atoms with Gasteiger partial charge in [0.25, 0.3) is 0 Å². The molecule has 0 fully saturated rings. The molecule has 0 aromatic rings. The maximum Gasteiger partial charge on any atom is 0.472 e. The van der Waals surface area contributed by atoms with Crippen molar-refractivity contribution in [1.29, 1.82) is 0 Å². The summed E-state index contributed by atoms with van der Waals surface area (Å²) >= 11 is 15.5. The number of alkyl halides is 4. The molecular weight excluding hydrogens is 1020 g/mol. The maximum atomic E-state index is 12.8. The van der Waals surface area contributed by atoms with Crippen LogP contribution in [-0.4, -0.2) is 94.2 Å². The second-order valence-electron chi connectivity index (χ2n) is 17.2. The van der Waals surface area contributed by atoms with Crippen molar-refractivity contribution >= 4 is 83.5 Å². The molecule has 0 heterocycles. The molecule has 14 heteroatoms. The van der Waals surface area contributed by atoms with E-state index in [0.717, 1.165) is 70.6 Å². The van der Waals surface area contributed by atoms with Crippen LogP contribution in [0.15, 0.2) is 0 Å². The molecule has 0 saturated carbocycles. The summed E-state index contributed by atoms with van der Waals surface area (Å²) in [7, 11) is 1.45. The summed E-state index contributed by atoms with van der Waals surface area (Å²) in [6, 6.07) is 0. The van der Waals surface area contributed by atoms with Crippen LogP contribution in [-0.2, 0) is 32.7 Å². The Labute approximate surface area is 389 Å². The van der Waals surface area contributed by atoms with Crippen molar-refractivity contribution in [2.24, 2.45) is 0 Å². The predicted molar refractivity (Wildman–Crippen MR) is 257 cm³/mol. The van der Waals surface area contributed by atoms with Crippen molar-refractivity contribution in [1.82, 2.24) is 0 Å². The highest BCUT2D eigenvalue weighted by Gasteiger charge is 2.27. The molecule has 1 unspecified atom stereocenters. The lowest BCUT2D eigenvalue weighted by molar-refractivity contribution is -0.870. The number of halogens is 4. The molecule has 0 aliphatic heterocycles. The fraction of sp³-hybridized carbons (Fsp3) is 0.955. The zero-order valence-electron chi connectivity index (χ0n) is 37.2. The number of rotatable bonds is 42. The van der Waals surface area contributed by atoms with Gasteiger partial charge in [-0.2, -0.15) is 0 Å². The number of nitrogens with zero attached hydrogens (tertiary/aromatic N) is 1. The molecule has 0 aromatic heterocycles. The molecule has 58 heavy (non-hydrogen) atoms. The molecule has 0 rings (SSSR count). The fourth-order valence-corrected chi connectivity index (χ4v) is 9.60. The summed E-state index contributed by atoms with van der Waals surface area (Å²) in [5, 5.41) is 0. The minimum absolute atomic E-state index is 0.0237. The highest BCUT2D eigenvalue weighted by molar-refractivity contribution is 9.12. The van der Waals surface area contributed by atoms with Crippen LogP contribution in [0.3, 0.4) is 0 Å². The molecule has 0 saturated heterocycles. The number of carbonyl (C=O) groups excluding carboxylic acids is 2. The highest BCUT2D eigenvalue weighted by atomic mass is 79.9. The third-order valence-corrected chi connectivity index (χ3v) is 17.1. The Hall–Kier alpha value is 0.930. The van der Waals surface area contributed by atoms with Gasteiger partial charge >= 0.3 is 19.8 Å². The second-order valence-corrected chi connectivity index (χ2v) is 23.4. The van der Waals surface area contributed by atoms with Crippen LogP contribution in [0.4, 0.5) is 0 Å². The Morgan fingerprint density at radius 3 is 1.29 bits per heavy atom. The predicted octanol–water partition coefficient (Wildman–Crippen LogP) is 14.3. The summed E-state index contributed by atoms with van der Waals surface area (Å²) in [5.74, 6) is -0.829. The van der Waals surface area contributed by atoms with E-state index in [1.54, 1.807) is 0 Å². The lowest BCUT2D eigenvalue weighted by Gasteiger charge is -2.24. The number of esters is 2. The van der Waals surface area contributed by atoms with Crippen LogP contribution >= 0.6 is 71.5 Å². The van der Waals surface area contributed by atoms with Crippen molar-refractivity contribution < 1.29 is 42.1 Å². The Morgan fingerprint density at radius 2 is 0.897 bits per heavy atom. The molecule has 0 amide bonds. The standard InChI is InChI=1S/C44H84Br4NO8P/c1-6-8-10-12-16-22-28-39(45)41(47)30-24-18-14-20-26-32-43(50)54-36-38(37-56-58(52,53)55-35-34-49(3,4)5)57-44(51)33-27-21-15-19-25-31-42(48)40(46)29-23-17-13-11-9-7-2/h38-42H,6-37H2,1-5H3/p+1/t38-,39-,40+,41+,42+/m1/s1. The molecule has 0 aromatic carbocycles.